The van der Waals surface area contributed by atoms with E-state index >= 15 is 0 Å². The van der Waals surface area contributed by atoms with Gasteiger partial charge in [-0.05, 0) is 18.6 Å². The summed E-state index contributed by atoms with van der Waals surface area (Å²) in [6.07, 6.45) is 1.81. The van der Waals surface area contributed by atoms with Gasteiger partial charge >= 0.3 is 0 Å². The molecule has 3 rings (SSSR count). The summed E-state index contributed by atoms with van der Waals surface area (Å²) < 4.78 is 2.12. The first-order valence-electron chi connectivity index (χ1n) is 6.05. The van der Waals surface area contributed by atoms with Crippen LogP contribution in [0.1, 0.15) is 17.0 Å². The van der Waals surface area contributed by atoms with Crippen LogP contribution in [-0.4, -0.2) is 21.3 Å². The van der Waals surface area contributed by atoms with Crippen LogP contribution in [0.2, 0.25) is 0 Å². The molecule has 0 fully saturated rings. The fourth-order valence-corrected chi connectivity index (χ4v) is 2.85. The third-order valence-electron chi connectivity index (χ3n) is 3.36. The van der Waals surface area contributed by atoms with Gasteiger partial charge in [0.15, 0.2) is 5.82 Å². The van der Waals surface area contributed by atoms with Crippen LogP contribution in [0.3, 0.4) is 0 Å². The Morgan fingerprint density at radius 1 is 1.33 bits per heavy atom. The Morgan fingerprint density at radius 3 is 3.06 bits per heavy atom. The van der Waals surface area contributed by atoms with Crippen molar-refractivity contribution in [1.82, 2.24) is 14.8 Å². The zero-order chi connectivity index (χ0) is 12.5. The standard InChI is InChI=1S/C13H15BrN4/c1-10-2-3-12(11(6-10)7-14)17-4-5-18-9-15-16-13(18)8-17/h2-3,6,9H,4-5,7-8H2,1H3. The second kappa shape index (κ2) is 4.72. The molecule has 18 heavy (non-hydrogen) atoms. The van der Waals surface area contributed by atoms with Crippen LogP contribution in [-0.2, 0) is 18.4 Å². The molecular weight excluding hydrogens is 292 g/mol. The molecule has 0 radical (unpaired) electrons. The van der Waals surface area contributed by atoms with Gasteiger partial charge in [0.05, 0.1) is 6.54 Å². The van der Waals surface area contributed by atoms with E-state index < -0.39 is 0 Å². The Morgan fingerprint density at radius 2 is 2.22 bits per heavy atom. The van der Waals surface area contributed by atoms with Crippen LogP contribution in [0.15, 0.2) is 24.5 Å². The van der Waals surface area contributed by atoms with E-state index in [4.69, 9.17) is 0 Å². The third kappa shape index (κ3) is 2.03. The Balaban J connectivity index is 1.93. The van der Waals surface area contributed by atoms with Gasteiger partial charge in [-0.1, -0.05) is 33.6 Å². The highest BCUT2D eigenvalue weighted by atomic mass is 79.9. The van der Waals surface area contributed by atoms with Crippen LogP contribution in [0.5, 0.6) is 0 Å². The number of alkyl halides is 1. The lowest BCUT2D eigenvalue weighted by Gasteiger charge is -2.30. The van der Waals surface area contributed by atoms with Gasteiger partial charge in [-0.3, -0.25) is 0 Å². The molecule has 0 spiro atoms. The van der Waals surface area contributed by atoms with E-state index in [1.54, 1.807) is 0 Å². The van der Waals surface area contributed by atoms with Gasteiger partial charge in [0.25, 0.3) is 0 Å². The summed E-state index contributed by atoms with van der Waals surface area (Å²) in [6.45, 7) is 4.93. The van der Waals surface area contributed by atoms with E-state index in [2.05, 4.69) is 60.7 Å². The number of nitrogens with zero attached hydrogens (tertiary/aromatic N) is 4. The van der Waals surface area contributed by atoms with Gasteiger partial charge in [-0.25, -0.2) is 0 Å². The topological polar surface area (TPSA) is 34.0 Å². The number of anilines is 1. The molecule has 94 valence electrons. The molecule has 4 nitrogen and oxygen atoms in total. The monoisotopic (exact) mass is 306 g/mol. The molecule has 0 N–H and O–H groups in total. The van der Waals surface area contributed by atoms with Crippen LogP contribution < -0.4 is 4.90 Å². The van der Waals surface area contributed by atoms with E-state index in [-0.39, 0.29) is 0 Å². The number of aromatic nitrogens is 3. The maximum absolute atomic E-state index is 4.17. The van der Waals surface area contributed by atoms with Crippen molar-refractivity contribution in [2.45, 2.75) is 25.3 Å². The highest BCUT2D eigenvalue weighted by molar-refractivity contribution is 9.08. The second-order valence-corrected chi connectivity index (χ2v) is 5.19. The predicted molar refractivity (Wildman–Crippen MR) is 74.9 cm³/mol. The summed E-state index contributed by atoms with van der Waals surface area (Å²) in [6, 6.07) is 6.61. The van der Waals surface area contributed by atoms with E-state index in [9.17, 15) is 0 Å². The summed E-state index contributed by atoms with van der Waals surface area (Å²) in [5.41, 5.74) is 3.93. The Kier molecular flexibility index (Phi) is 3.07. The molecule has 1 aliphatic rings. The highest BCUT2D eigenvalue weighted by Crippen LogP contribution is 2.27. The number of hydrogen-bond acceptors (Lipinski definition) is 3. The van der Waals surface area contributed by atoms with Crippen LogP contribution >= 0.6 is 15.9 Å². The van der Waals surface area contributed by atoms with Crippen molar-refractivity contribution in [2.75, 3.05) is 11.4 Å². The molecule has 1 aromatic heterocycles. The molecule has 2 heterocycles. The minimum atomic E-state index is 0.836. The molecule has 0 atom stereocenters. The van der Waals surface area contributed by atoms with Gasteiger partial charge in [0.2, 0.25) is 0 Å². The lowest BCUT2D eigenvalue weighted by atomic mass is 10.1. The predicted octanol–water partition coefficient (Wildman–Crippen LogP) is 2.50. The molecule has 0 bridgehead atoms. The molecule has 0 amide bonds. The fourth-order valence-electron chi connectivity index (χ4n) is 2.40. The number of aryl methyl sites for hydroxylation is 1. The maximum Gasteiger partial charge on any atom is 0.152 e. The van der Waals surface area contributed by atoms with Crippen molar-refractivity contribution in [3.63, 3.8) is 0 Å². The number of hydrogen-bond donors (Lipinski definition) is 0. The van der Waals surface area contributed by atoms with Crippen molar-refractivity contribution >= 4 is 21.6 Å². The Hall–Kier alpha value is -1.36. The molecule has 0 saturated heterocycles. The molecular formula is C13H15BrN4. The van der Waals surface area contributed by atoms with Crippen molar-refractivity contribution < 1.29 is 0 Å². The molecule has 1 aromatic carbocycles. The van der Waals surface area contributed by atoms with Crippen LogP contribution in [0.4, 0.5) is 5.69 Å². The SMILES string of the molecule is Cc1ccc(N2CCn3cnnc3C2)c(CBr)c1. The van der Waals surface area contributed by atoms with Gasteiger partial charge in [-0.15, -0.1) is 10.2 Å². The smallest absolute Gasteiger partial charge is 0.152 e. The molecule has 2 aromatic rings. The highest BCUT2D eigenvalue weighted by Gasteiger charge is 2.19. The van der Waals surface area contributed by atoms with Gasteiger partial charge in [0, 0.05) is 24.1 Å². The Bertz CT molecular complexity index is 564. The number of rotatable bonds is 2. The first-order valence-corrected chi connectivity index (χ1v) is 7.17. The van der Waals surface area contributed by atoms with Gasteiger partial charge < -0.3 is 9.47 Å². The average molecular weight is 307 g/mol. The zero-order valence-corrected chi connectivity index (χ0v) is 11.9. The van der Waals surface area contributed by atoms with E-state index in [0.29, 0.717) is 0 Å². The van der Waals surface area contributed by atoms with E-state index in [1.807, 2.05) is 6.33 Å². The number of benzene rings is 1. The van der Waals surface area contributed by atoms with Crippen molar-refractivity contribution in [3.8, 4) is 0 Å². The lowest BCUT2D eigenvalue weighted by molar-refractivity contribution is 0.559. The first kappa shape index (κ1) is 11.7. The van der Waals surface area contributed by atoms with Crippen molar-refractivity contribution in [2.24, 2.45) is 0 Å². The summed E-state index contributed by atoms with van der Waals surface area (Å²) in [4.78, 5) is 2.38. The summed E-state index contributed by atoms with van der Waals surface area (Å²) in [5.74, 6) is 1.04. The van der Waals surface area contributed by atoms with Crippen molar-refractivity contribution in [1.29, 1.82) is 0 Å². The van der Waals surface area contributed by atoms with Crippen molar-refractivity contribution in [3.05, 3.63) is 41.5 Å². The first-order chi connectivity index (χ1) is 8.78. The number of halogens is 1. The fraction of sp³-hybridized carbons (Fsp3) is 0.385. The Labute approximate surface area is 115 Å². The van der Waals surface area contributed by atoms with E-state index in [0.717, 1.165) is 30.8 Å². The summed E-state index contributed by atoms with van der Waals surface area (Å²) in [7, 11) is 0. The normalized spacial score (nSPS) is 14.7. The molecule has 0 unspecified atom stereocenters. The average Bonchev–Trinajstić information content (AvgIpc) is 2.85. The zero-order valence-electron chi connectivity index (χ0n) is 10.3. The largest absolute Gasteiger partial charge is 0.362 e. The number of fused-ring (bicyclic) bond motifs is 1. The minimum absolute atomic E-state index is 0.836. The molecule has 1 aliphatic heterocycles. The quantitative estimate of drug-likeness (QED) is 0.800. The van der Waals surface area contributed by atoms with Gasteiger partial charge in [-0.2, -0.15) is 0 Å². The second-order valence-electron chi connectivity index (χ2n) is 4.63. The van der Waals surface area contributed by atoms with E-state index in [1.165, 1.54) is 16.8 Å². The lowest BCUT2D eigenvalue weighted by Crippen LogP contribution is -2.34. The molecule has 0 saturated carbocycles. The van der Waals surface area contributed by atoms with Crippen LogP contribution in [0, 0.1) is 6.92 Å². The maximum atomic E-state index is 4.17. The summed E-state index contributed by atoms with van der Waals surface area (Å²) in [5, 5.41) is 9.01. The third-order valence-corrected chi connectivity index (χ3v) is 3.96. The molecule has 0 aliphatic carbocycles. The van der Waals surface area contributed by atoms with Crippen LogP contribution in [0.25, 0.3) is 0 Å². The molecule has 5 heteroatoms. The van der Waals surface area contributed by atoms with Gasteiger partial charge in [0.1, 0.15) is 6.33 Å². The minimum Gasteiger partial charge on any atom is -0.362 e. The summed E-state index contributed by atoms with van der Waals surface area (Å²) >= 11 is 3.57.